The summed E-state index contributed by atoms with van der Waals surface area (Å²) in [5.74, 6) is -0.381. The van der Waals surface area contributed by atoms with Crippen LogP contribution in [-0.4, -0.2) is 11.7 Å². The first kappa shape index (κ1) is 13.5. The van der Waals surface area contributed by atoms with Crippen molar-refractivity contribution in [3.63, 3.8) is 0 Å². The summed E-state index contributed by atoms with van der Waals surface area (Å²) in [6, 6.07) is 4.61. The van der Waals surface area contributed by atoms with Gasteiger partial charge in [-0.05, 0) is 39.3 Å². The van der Waals surface area contributed by atoms with Crippen LogP contribution in [0.3, 0.4) is 0 Å². The Morgan fingerprint density at radius 2 is 2.12 bits per heavy atom. The van der Waals surface area contributed by atoms with Crippen molar-refractivity contribution >= 4 is 6.09 Å². The Kier molecular flexibility index (Phi) is 4.10. The molecule has 0 aliphatic heterocycles. The van der Waals surface area contributed by atoms with Crippen LogP contribution in [0, 0.1) is 12.7 Å². The maximum absolute atomic E-state index is 13.4. The number of benzene rings is 1. The first-order valence-corrected chi connectivity index (χ1v) is 5.35. The first-order valence-electron chi connectivity index (χ1n) is 5.35. The zero-order chi connectivity index (χ0) is 13.1. The van der Waals surface area contributed by atoms with Gasteiger partial charge in [-0.25, -0.2) is 9.18 Å². The van der Waals surface area contributed by atoms with Crippen LogP contribution >= 0.6 is 0 Å². The van der Waals surface area contributed by atoms with Crippen LogP contribution in [-0.2, 0) is 11.3 Å². The molecule has 17 heavy (non-hydrogen) atoms. The summed E-state index contributed by atoms with van der Waals surface area (Å²) in [6.45, 7) is 9.02. The molecule has 0 saturated heterocycles. The van der Waals surface area contributed by atoms with Crippen molar-refractivity contribution in [3.05, 3.63) is 42.1 Å². The second kappa shape index (κ2) is 5.17. The van der Waals surface area contributed by atoms with Gasteiger partial charge in [0.15, 0.2) is 0 Å². The molecule has 0 heterocycles. The van der Waals surface area contributed by atoms with Crippen molar-refractivity contribution in [2.75, 3.05) is 0 Å². The summed E-state index contributed by atoms with van der Waals surface area (Å²) >= 11 is 0. The van der Waals surface area contributed by atoms with Gasteiger partial charge in [0, 0.05) is 12.1 Å². The summed E-state index contributed by atoms with van der Waals surface area (Å²) in [5, 5.41) is 2.49. The monoisotopic (exact) mass is 238 g/mol. The number of nitrogens with one attached hydrogen (secondary N) is 1. The van der Waals surface area contributed by atoms with Gasteiger partial charge < -0.3 is 10.1 Å². The van der Waals surface area contributed by atoms with Crippen molar-refractivity contribution in [1.29, 1.82) is 0 Å². The van der Waals surface area contributed by atoms with Crippen LogP contribution in [0.5, 0.6) is 0 Å². The van der Waals surface area contributed by atoms with E-state index in [1.54, 1.807) is 32.9 Å². The molecule has 1 aromatic rings. The fraction of sp³-hybridized carbons (Fsp3) is 0.385. The molecule has 93 valence electrons. The number of carbonyl (C=O) groups is 1. The van der Waals surface area contributed by atoms with E-state index in [1.807, 2.05) is 0 Å². The summed E-state index contributed by atoms with van der Waals surface area (Å²) in [6.07, 6.45) is -0.560. The summed E-state index contributed by atoms with van der Waals surface area (Å²) in [5.41, 5.74) is 0.451. The average Bonchev–Trinajstić information content (AvgIpc) is 2.13. The normalized spacial score (nSPS) is 11.1. The number of carbonyl (C=O) groups excluding carboxylic acids is 1. The van der Waals surface area contributed by atoms with Crippen molar-refractivity contribution in [3.8, 4) is 0 Å². The molecular formula is C13H17FNO2. The summed E-state index contributed by atoms with van der Waals surface area (Å²) < 4.78 is 18.4. The van der Waals surface area contributed by atoms with Crippen LogP contribution in [0.25, 0.3) is 0 Å². The molecule has 0 bridgehead atoms. The Labute approximate surface area is 101 Å². The highest BCUT2D eigenvalue weighted by molar-refractivity contribution is 5.67. The smallest absolute Gasteiger partial charge is 0.407 e. The number of halogens is 1. The predicted octanol–water partition coefficient (Wildman–Crippen LogP) is 3.03. The number of ether oxygens (including phenoxy) is 1. The Balaban J connectivity index is 2.53. The fourth-order valence-corrected chi connectivity index (χ4v) is 1.22. The molecule has 4 heteroatoms. The van der Waals surface area contributed by atoms with Crippen LogP contribution in [0.1, 0.15) is 31.9 Å². The molecule has 0 spiro atoms. The lowest BCUT2D eigenvalue weighted by atomic mass is 10.1. The third kappa shape index (κ3) is 4.85. The van der Waals surface area contributed by atoms with Crippen molar-refractivity contribution in [2.45, 2.75) is 32.9 Å². The highest BCUT2D eigenvalue weighted by Gasteiger charge is 2.16. The van der Waals surface area contributed by atoms with Crippen molar-refractivity contribution in [1.82, 2.24) is 5.32 Å². The molecule has 0 atom stereocenters. The number of amides is 1. The maximum atomic E-state index is 13.4. The van der Waals surface area contributed by atoms with Crippen LogP contribution in [0.15, 0.2) is 18.2 Å². The molecule has 3 nitrogen and oxygen atoms in total. The standard InChI is InChI=1S/C13H17FNO2/c1-9-5-6-10(11(14)7-9)8-15-12(16)17-13(2,3)4/h5-7H,1,8H2,2-4H3,(H,15,16). The molecule has 1 aromatic carbocycles. The molecule has 0 aromatic heterocycles. The quantitative estimate of drug-likeness (QED) is 0.860. The van der Waals surface area contributed by atoms with Crippen molar-refractivity contribution < 1.29 is 13.9 Å². The minimum Gasteiger partial charge on any atom is -0.444 e. The van der Waals surface area contributed by atoms with E-state index in [0.717, 1.165) is 0 Å². The lowest BCUT2D eigenvalue weighted by molar-refractivity contribution is 0.0523. The third-order valence-electron chi connectivity index (χ3n) is 1.94. The fourth-order valence-electron chi connectivity index (χ4n) is 1.22. The first-order chi connectivity index (χ1) is 7.78. The molecular weight excluding hydrogens is 221 g/mol. The van der Waals surface area contributed by atoms with E-state index in [-0.39, 0.29) is 12.4 Å². The Morgan fingerprint density at radius 1 is 1.47 bits per heavy atom. The van der Waals surface area contributed by atoms with Gasteiger partial charge in [-0.15, -0.1) is 0 Å². The van der Waals surface area contributed by atoms with E-state index in [1.165, 1.54) is 6.07 Å². The molecule has 1 radical (unpaired) electrons. The van der Waals surface area contributed by atoms with Gasteiger partial charge in [-0.3, -0.25) is 0 Å². The third-order valence-corrected chi connectivity index (χ3v) is 1.94. The largest absolute Gasteiger partial charge is 0.444 e. The predicted molar refractivity (Wildman–Crippen MR) is 63.9 cm³/mol. The molecule has 0 saturated carbocycles. The Bertz CT molecular complexity index is 410. The molecule has 0 fully saturated rings. The van der Waals surface area contributed by atoms with Gasteiger partial charge >= 0.3 is 6.09 Å². The van der Waals surface area contributed by atoms with Gasteiger partial charge in [0.25, 0.3) is 0 Å². The lowest BCUT2D eigenvalue weighted by Gasteiger charge is -2.19. The van der Waals surface area contributed by atoms with Crippen LogP contribution < -0.4 is 5.32 Å². The van der Waals surface area contributed by atoms with Gasteiger partial charge in [0.2, 0.25) is 0 Å². The van der Waals surface area contributed by atoms with Gasteiger partial charge in [0.05, 0.1) is 0 Å². The summed E-state index contributed by atoms with van der Waals surface area (Å²) in [7, 11) is 0. The molecule has 0 aliphatic rings. The molecule has 0 unspecified atom stereocenters. The minimum atomic E-state index is -0.560. The second-order valence-corrected chi connectivity index (χ2v) is 4.78. The number of rotatable bonds is 2. The number of hydrogen-bond acceptors (Lipinski definition) is 2. The number of alkyl carbamates (subject to hydrolysis) is 1. The zero-order valence-electron chi connectivity index (χ0n) is 10.3. The minimum absolute atomic E-state index is 0.0982. The Hall–Kier alpha value is -1.58. The van der Waals surface area contributed by atoms with Crippen LogP contribution in [0.2, 0.25) is 0 Å². The van der Waals surface area contributed by atoms with E-state index < -0.39 is 11.7 Å². The van der Waals surface area contributed by atoms with E-state index in [2.05, 4.69) is 12.2 Å². The highest BCUT2D eigenvalue weighted by atomic mass is 19.1. The van der Waals surface area contributed by atoms with E-state index in [4.69, 9.17) is 4.74 Å². The van der Waals surface area contributed by atoms with E-state index in [0.29, 0.717) is 11.1 Å². The second-order valence-electron chi connectivity index (χ2n) is 4.78. The van der Waals surface area contributed by atoms with E-state index in [9.17, 15) is 9.18 Å². The van der Waals surface area contributed by atoms with Gasteiger partial charge in [0.1, 0.15) is 11.4 Å². The average molecular weight is 238 g/mol. The molecule has 1 rings (SSSR count). The maximum Gasteiger partial charge on any atom is 0.407 e. The molecule has 0 aliphatic carbocycles. The van der Waals surface area contributed by atoms with Gasteiger partial charge in [-0.1, -0.05) is 12.1 Å². The van der Waals surface area contributed by atoms with Gasteiger partial charge in [-0.2, -0.15) is 0 Å². The van der Waals surface area contributed by atoms with Crippen molar-refractivity contribution in [2.24, 2.45) is 0 Å². The molecule has 1 amide bonds. The van der Waals surface area contributed by atoms with E-state index >= 15 is 0 Å². The SMILES string of the molecule is [CH2]c1ccc(CNC(=O)OC(C)(C)C)c(F)c1. The highest BCUT2D eigenvalue weighted by Crippen LogP contribution is 2.10. The zero-order valence-corrected chi connectivity index (χ0v) is 10.3. The van der Waals surface area contributed by atoms with Crippen LogP contribution in [0.4, 0.5) is 9.18 Å². The molecule has 1 N–H and O–H groups in total. The summed E-state index contributed by atoms with van der Waals surface area (Å²) in [4.78, 5) is 11.3. The topological polar surface area (TPSA) is 38.3 Å². The number of hydrogen-bond donors (Lipinski definition) is 1. The lowest BCUT2D eigenvalue weighted by Crippen LogP contribution is -2.32. The Morgan fingerprint density at radius 3 is 2.65 bits per heavy atom.